The Kier molecular flexibility index (Phi) is 3.13. The fraction of sp³-hybridized carbons (Fsp3) is 1.00. The highest BCUT2D eigenvalue weighted by Gasteiger charge is 2.38. The Morgan fingerprint density at radius 3 is 2.36 bits per heavy atom. The third kappa shape index (κ3) is 1.82. The molecule has 82 valence electrons. The molecule has 2 N–H and O–H groups in total. The van der Waals surface area contributed by atoms with Gasteiger partial charge in [0.2, 0.25) is 0 Å². The molecule has 2 aliphatic rings. The first kappa shape index (κ1) is 10.4. The van der Waals surface area contributed by atoms with E-state index in [-0.39, 0.29) is 0 Å². The van der Waals surface area contributed by atoms with Crippen LogP contribution in [0.1, 0.15) is 39.5 Å². The second-order valence-corrected chi connectivity index (χ2v) is 5.22. The van der Waals surface area contributed by atoms with Crippen molar-refractivity contribution in [2.24, 2.45) is 17.6 Å². The van der Waals surface area contributed by atoms with Gasteiger partial charge in [-0.2, -0.15) is 0 Å². The second kappa shape index (κ2) is 4.19. The first-order valence-corrected chi connectivity index (χ1v) is 6.22. The van der Waals surface area contributed by atoms with Gasteiger partial charge >= 0.3 is 0 Å². The van der Waals surface area contributed by atoms with E-state index >= 15 is 0 Å². The Hall–Kier alpha value is -0.0800. The SMILES string of the molecule is CCC(N)C(C)N1CC2CCCC2C1. The monoisotopic (exact) mass is 196 g/mol. The summed E-state index contributed by atoms with van der Waals surface area (Å²) in [6, 6.07) is 0.958. The van der Waals surface area contributed by atoms with Crippen LogP contribution in [0.25, 0.3) is 0 Å². The number of hydrogen-bond acceptors (Lipinski definition) is 2. The van der Waals surface area contributed by atoms with Crippen LogP contribution in [0.2, 0.25) is 0 Å². The number of likely N-dealkylation sites (tertiary alicyclic amines) is 1. The van der Waals surface area contributed by atoms with Crippen molar-refractivity contribution in [2.45, 2.75) is 51.6 Å². The lowest BCUT2D eigenvalue weighted by molar-refractivity contribution is 0.207. The van der Waals surface area contributed by atoms with Crippen molar-refractivity contribution >= 4 is 0 Å². The van der Waals surface area contributed by atoms with Crippen molar-refractivity contribution in [3.05, 3.63) is 0 Å². The smallest absolute Gasteiger partial charge is 0.0219 e. The van der Waals surface area contributed by atoms with Gasteiger partial charge in [0.15, 0.2) is 0 Å². The van der Waals surface area contributed by atoms with Crippen LogP contribution in [0.4, 0.5) is 0 Å². The standard InChI is InChI=1S/C12H24N2/c1-3-12(13)9(2)14-7-10-5-4-6-11(10)8-14/h9-12H,3-8,13H2,1-2H3. The molecule has 2 heteroatoms. The average molecular weight is 196 g/mol. The fourth-order valence-electron chi connectivity index (χ4n) is 3.22. The van der Waals surface area contributed by atoms with Gasteiger partial charge in [-0.15, -0.1) is 0 Å². The van der Waals surface area contributed by atoms with E-state index in [4.69, 9.17) is 5.73 Å². The molecule has 2 rings (SSSR count). The summed E-state index contributed by atoms with van der Waals surface area (Å²) in [6.07, 6.45) is 5.51. The Bertz CT molecular complexity index is 181. The zero-order valence-electron chi connectivity index (χ0n) is 9.58. The van der Waals surface area contributed by atoms with Crippen LogP contribution in [0.3, 0.4) is 0 Å². The molecule has 4 unspecified atom stereocenters. The van der Waals surface area contributed by atoms with Gasteiger partial charge in [0.05, 0.1) is 0 Å². The molecule has 2 fully saturated rings. The summed E-state index contributed by atoms with van der Waals surface area (Å²) in [4.78, 5) is 2.63. The van der Waals surface area contributed by atoms with Crippen LogP contribution in [0.5, 0.6) is 0 Å². The highest BCUT2D eigenvalue weighted by molar-refractivity contribution is 4.92. The largest absolute Gasteiger partial charge is 0.326 e. The zero-order chi connectivity index (χ0) is 10.1. The van der Waals surface area contributed by atoms with E-state index in [1.54, 1.807) is 0 Å². The topological polar surface area (TPSA) is 29.3 Å². The van der Waals surface area contributed by atoms with Crippen molar-refractivity contribution in [3.63, 3.8) is 0 Å². The maximum Gasteiger partial charge on any atom is 0.0219 e. The molecule has 0 aromatic carbocycles. The minimum Gasteiger partial charge on any atom is -0.326 e. The summed E-state index contributed by atoms with van der Waals surface area (Å²) in [5.74, 6) is 2.00. The normalized spacial score (nSPS) is 37.1. The Morgan fingerprint density at radius 1 is 1.29 bits per heavy atom. The average Bonchev–Trinajstić information content (AvgIpc) is 2.74. The molecular formula is C12H24N2. The van der Waals surface area contributed by atoms with E-state index in [1.807, 2.05) is 0 Å². The lowest BCUT2D eigenvalue weighted by atomic mass is 10.0. The first-order chi connectivity index (χ1) is 6.72. The van der Waals surface area contributed by atoms with E-state index in [1.165, 1.54) is 32.4 Å². The fourth-order valence-corrected chi connectivity index (χ4v) is 3.22. The van der Waals surface area contributed by atoms with Crippen LogP contribution >= 0.6 is 0 Å². The molecule has 0 aromatic heterocycles. The number of fused-ring (bicyclic) bond motifs is 1. The van der Waals surface area contributed by atoms with E-state index < -0.39 is 0 Å². The predicted molar refractivity (Wildman–Crippen MR) is 60.1 cm³/mol. The highest BCUT2D eigenvalue weighted by atomic mass is 15.2. The van der Waals surface area contributed by atoms with Gasteiger partial charge in [-0.1, -0.05) is 13.3 Å². The van der Waals surface area contributed by atoms with Gasteiger partial charge in [0.1, 0.15) is 0 Å². The van der Waals surface area contributed by atoms with Gasteiger partial charge < -0.3 is 5.73 Å². The van der Waals surface area contributed by atoms with Crippen LogP contribution < -0.4 is 5.73 Å². The highest BCUT2D eigenvalue weighted by Crippen LogP contribution is 2.38. The van der Waals surface area contributed by atoms with Crippen LogP contribution in [0, 0.1) is 11.8 Å². The summed E-state index contributed by atoms with van der Waals surface area (Å²) in [5.41, 5.74) is 6.10. The number of nitrogens with zero attached hydrogens (tertiary/aromatic N) is 1. The number of hydrogen-bond donors (Lipinski definition) is 1. The molecule has 1 saturated heterocycles. The van der Waals surface area contributed by atoms with Crippen LogP contribution in [-0.2, 0) is 0 Å². The third-order valence-electron chi connectivity index (χ3n) is 4.42. The summed E-state index contributed by atoms with van der Waals surface area (Å²) < 4.78 is 0. The molecule has 0 bridgehead atoms. The summed E-state index contributed by atoms with van der Waals surface area (Å²) in [7, 11) is 0. The van der Waals surface area contributed by atoms with Gasteiger partial charge in [0.25, 0.3) is 0 Å². The number of rotatable bonds is 3. The van der Waals surface area contributed by atoms with Crippen molar-refractivity contribution in [2.75, 3.05) is 13.1 Å². The molecule has 14 heavy (non-hydrogen) atoms. The number of nitrogens with two attached hydrogens (primary N) is 1. The summed E-state index contributed by atoms with van der Waals surface area (Å²) in [5, 5.41) is 0. The van der Waals surface area contributed by atoms with Crippen LogP contribution in [0.15, 0.2) is 0 Å². The molecule has 1 aliphatic heterocycles. The second-order valence-electron chi connectivity index (χ2n) is 5.22. The molecule has 1 saturated carbocycles. The molecule has 0 spiro atoms. The van der Waals surface area contributed by atoms with E-state index in [0.717, 1.165) is 18.3 Å². The quantitative estimate of drug-likeness (QED) is 0.746. The summed E-state index contributed by atoms with van der Waals surface area (Å²) in [6.45, 7) is 7.13. The molecule has 1 heterocycles. The lowest BCUT2D eigenvalue weighted by Crippen LogP contribution is -2.44. The van der Waals surface area contributed by atoms with E-state index in [2.05, 4.69) is 18.7 Å². The van der Waals surface area contributed by atoms with Gasteiger partial charge in [0, 0.05) is 25.2 Å². The molecule has 4 atom stereocenters. The molecule has 0 aromatic rings. The lowest BCUT2D eigenvalue weighted by Gasteiger charge is -2.29. The molecule has 1 aliphatic carbocycles. The minimum atomic E-state index is 0.369. The molecule has 0 amide bonds. The minimum absolute atomic E-state index is 0.369. The Morgan fingerprint density at radius 2 is 1.86 bits per heavy atom. The van der Waals surface area contributed by atoms with E-state index in [9.17, 15) is 0 Å². The maximum absolute atomic E-state index is 6.10. The Balaban J connectivity index is 1.89. The van der Waals surface area contributed by atoms with Gasteiger partial charge in [-0.25, -0.2) is 0 Å². The van der Waals surface area contributed by atoms with Gasteiger partial charge in [-0.05, 0) is 38.0 Å². The summed E-state index contributed by atoms with van der Waals surface area (Å²) >= 11 is 0. The molecular weight excluding hydrogens is 172 g/mol. The van der Waals surface area contributed by atoms with Crippen molar-refractivity contribution < 1.29 is 0 Å². The molecule has 0 radical (unpaired) electrons. The molecule has 2 nitrogen and oxygen atoms in total. The van der Waals surface area contributed by atoms with Crippen molar-refractivity contribution in [1.29, 1.82) is 0 Å². The van der Waals surface area contributed by atoms with Gasteiger partial charge in [-0.3, -0.25) is 4.90 Å². The van der Waals surface area contributed by atoms with Crippen LogP contribution in [-0.4, -0.2) is 30.1 Å². The first-order valence-electron chi connectivity index (χ1n) is 6.22. The van der Waals surface area contributed by atoms with Crippen molar-refractivity contribution in [1.82, 2.24) is 4.90 Å². The van der Waals surface area contributed by atoms with Crippen molar-refractivity contribution in [3.8, 4) is 0 Å². The maximum atomic E-state index is 6.10. The van der Waals surface area contributed by atoms with E-state index in [0.29, 0.717) is 12.1 Å². The third-order valence-corrected chi connectivity index (χ3v) is 4.42. The Labute approximate surface area is 87.8 Å². The zero-order valence-corrected chi connectivity index (χ0v) is 9.58. The predicted octanol–water partition coefficient (Wildman–Crippen LogP) is 1.84.